The number of nitrogens with two attached hydrogens (primary N) is 1. The van der Waals surface area contributed by atoms with Crippen molar-refractivity contribution in [2.24, 2.45) is 5.73 Å². The van der Waals surface area contributed by atoms with Gasteiger partial charge in [0.25, 0.3) is 0 Å². The molecule has 2 N–H and O–H groups in total. The van der Waals surface area contributed by atoms with Crippen molar-refractivity contribution in [2.75, 3.05) is 6.79 Å². The van der Waals surface area contributed by atoms with Gasteiger partial charge in [-0.15, -0.1) is 0 Å². The third kappa shape index (κ3) is 3.60. The maximum atomic E-state index is 9.74. The molecular formula is C24H17ClN2O4. The summed E-state index contributed by atoms with van der Waals surface area (Å²) in [7, 11) is 0. The zero-order valence-electron chi connectivity index (χ0n) is 16.3. The number of rotatable bonds is 4. The third-order valence-electron chi connectivity index (χ3n) is 5.24. The van der Waals surface area contributed by atoms with Crippen LogP contribution in [0.2, 0.25) is 5.02 Å². The summed E-state index contributed by atoms with van der Waals surface area (Å²) < 4.78 is 22.5. The third-order valence-corrected chi connectivity index (χ3v) is 5.49. The van der Waals surface area contributed by atoms with E-state index in [9.17, 15) is 5.26 Å². The van der Waals surface area contributed by atoms with Crippen LogP contribution in [0.5, 0.6) is 23.0 Å². The van der Waals surface area contributed by atoms with Crippen LogP contribution >= 0.6 is 11.6 Å². The van der Waals surface area contributed by atoms with Crippen molar-refractivity contribution in [3.63, 3.8) is 0 Å². The first kappa shape index (κ1) is 19.2. The highest BCUT2D eigenvalue weighted by Gasteiger charge is 2.33. The molecule has 0 spiro atoms. The smallest absolute Gasteiger partial charge is 0.231 e. The number of allylic oxidation sites excluding steroid dienone is 1. The fourth-order valence-corrected chi connectivity index (χ4v) is 3.82. The predicted octanol–water partition coefficient (Wildman–Crippen LogP) is 4.87. The van der Waals surface area contributed by atoms with Crippen LogP contribution in [0.15, 0.2) is 72.1 Å². The van der Waals surface area contributed by atoms with Crippen molar-refractivity contribution >= 4 is 11.6 Å². The van der Waals surface area contributed by atoms with Crippen molar-refractivity contribution in [1.29, 1.82) is 5.26 Å². The minimum absolute atomic E-state index is 0.0851. The molecule has 2 aliphatic heterocycles. The first-order chi connectivity index (χ1) is 15.1. The van der Waals surface area contributed by atoms with Crippen LogP contribution in [0.1, 0.15) is 22.6 Å². The van der Waals surface area contributed by atoms with Crippen molar-refractivity contribution in [1.82, 2.24) is 0 Å². The SMILES string of the molecule is N#CC1=C(N)Oc2cc3c(cc2[C@@H]1c1ccc(OCc2ccc(Cl)cc2)cc1)OCO3. The molecule has 0 fully saturated rings. The molecule has 0 radical (unpaired) electrons. The van der Waals surface area contributed by atoms with Gasteiger partial charge >= 0.3 is 0 Å². The molecule has 154 valence electrons. The second-order valence-corrected chi connectivity index (χ2v) is 7.59. The van der Waals surface area contributed by atoms with Crippen molar-refractivity contribution in [3.8, 4) is 29.1 Å². The van der Waals surface area contributed by atoms with E-state index < -0.39 is 0 Å². The number of halogens is 1. The molecule has 3 aromatic rings. The van der Waals surface area contributed by atoms with Gasteiger partial charge in [0.1, 0.15) is 29.7 Å². The van der Waals surface area contributed by atoms with Gasteiger partial charge in [0.05, 0.1) is 5.92 Å². The highest BCUT2D eigenvalue weighted by molar-refractivity contribution is 6.30. The summed E-state index contributed by atoms with van der Waals surface area (Å²) >= 11 is 5.92. The van der Waals surface area contributed by atoms with Crippen LogP contribution in [0.25, 0.3) is 0 Å². The van der Waals surface area contributed by atoms with Crippen molar-refractivity contribution in [3.05, 3.63) is 93.8 Å². The van der Waals surface area contributed by atoms with Crippen molar-refractivity contribution in [2.45, 2.75) is 12.5 Å². The van der Waals surface area contributed by atoms with E-state index in [1.165, 1.54) is 0 Å². The Bertz CT molecular complexity index is 1210. The highest BCUT2D eigenvalue weighted by Crippen LogP contribution is 2.47. The summed E-state index contributed by atoms with van der Waals surface area (Å²) in [6.07, 6.45) is 0. The average Bonchev–Trinajstić information content (AvgIpc) is 3.24. The summed E-state index contributed by atoms with van der Waals surface area (Å²) in [6, 6.07) is 20.9. The van der Waals surface area contributed by atoms with Crippen LogP contribution in [0, 0.1) is 11.3 Å². The largest absolute Gasteiger partial charge is 0.489 e. The Labute approximate surface area is 184 Å². The Morgan fingerprint density at radius 3 is 2.42 bits per heavy atom. The van der Waals surface area contributed by atoms with Crippen LogP contribution in [0.3, 0.4) is 0 Å². The monoisotopic (exact) mass is 432 g/mol. The number of fused-ring (bicyclic) bond motifs is 2. The number of nitriles is 1. The maximum Gasteiger partial charge on any atom is 0.231 e. The molecule has 0 aromatic heterocycles. The lowest BCUT2D eigenvalue weighted by Gasteiger charge is -2.26. The molecule has 0 bridgehead atoms. The van der Waals surface area contributed by atoms with Crippen LogP contribution in [-0.4, -0.2) is 6.79 Å². The van der Waals surface area contributed by atoms with Gasteiger partial charge in [-0.05, 0) is 41.5 Å². The quantitative estimate of drug-likeness (QED) is 0.633. The Kier molecular flexibility index (Phi) is 4.81. The minimum atomic E-state index is -0.381. The van der Waals surface area contributed by atoms with E-state index in [0.717, 1.165) is 16.7 Å². The topological polar surface area (TPSA) is 86.7 Å². The van der Waals surface area contributed by atoms with E-state index in [0.29, 0.717) is 40.2 Å². The van der Waals surface area contributed by atoms with E-state index in [-0.39, 0.29) is 18.6 Å². The normalized spacial score (nSPS) is 16.3. The van der Waals surface area contributed by atoms with Crippen LogP contribution < -0.4 is 24.7 Å². The molecule has 1 atom stereocenters. The molecule has 5 rings (SSSR count). The number of hydrogen-bond acceptors (Lipinski definition) is 6. The van der Waals surface area contributed by atoms with Gasteiger partial charge in [-0.25, -0.2) is 0 Å². The van der Waals surface area contributed by atoms with Gasteiger partial charge in [-0.2, -0.15) is 5.26 Å². The maximum absolute atomic E-state index is 9.74. The van der Waals surface area contributed by atoms with Gasteiger partial charge in [0.15, 0.2) is 11.5 Å². The van der Waals surface area contributed by atoms with Gasteiger partial charge in [0.2, 0.25) is 12.7 Å². The molecule has 7 heteroatoms. The Hall–Kier alpha value is -3.82. The van der Waals surface area contributed by atoms with Crippen LogP contribution in [-0.2, 0) is 6.61 Å². The standard InChI is InChI=1S/C24H17ClN2O4/c25-16-5-1-14(2-6-16)12-28-17-7-3-15(4-8-17)23-18-9-21-22(30-13-29-21)10-20(18)31-24(27)19(23)11-26/h1-10,23H,12-13,27H2/t23-/m0/s1. The molecule has 31 heavy (non-hydrogen) atoms. The fraction of sp³-hybridized carbons (Fsp3) is 0.125. The summed E-state index contributed by atoms with van der Waals surface area (Å²) in [5.74, 6) is 2.18. The lowest BCUT2D eigenvalue weighted by molar-refractivity contribution is 0.174. The van der Waals surface area contributed by atoms with E-state index >= 15 is 0 Å². The molecule has 3 aromatic carbocycles. The minimum Gasteiger partial charge on any atom is -0.489 e. The van der Waals surface area contributed by atoms with Gasteiger partial charge in [0, 0.05) is 16.7 Å². The Balaban J connectivity index is 1.43. The first-order valence-corrected chi connectivity index (χ1v) is 9.98. The molecule has 6 nitrogen and oxygen atoms in total. The van der Waals surface area contributed by atoms with Gasteiger partial charge < -0.3 is 24.7 Å². The summed E-state index contributed by atoms with van der Waals surface area (Å²) in [6.45, 7) is 0.576. The Morgan fingerprint density at radius 1 is 1.00 bits per heavy atom. The number of benzene rings is 3. The molecule has 2 heterocycles. The number of ether oxygens (including phenoxy) is 4. The molecule has 0 saturated heterocycles. The zero-order chi connectivity index (χ0) is 21.4. The summed E-state index contributed by atoms with van der Waals surface area (Å²) in [5, 5.41) is 10.4. The molecule has 0 unspecified atom stereocenters. The average molecular weight is 433 g/mol. The number of nitrogens with zero attached hydrogens (tertiary/aromatic N) is 1. The van der Waals surface area contributed by atoms with E-state index in [1.54, 1.807) is 6.07 Å². The molecule has 0 aliphatic carbocycles. The predicted molar refractivity (Wildman–Crippen MR) is 114 cm³/mol. The lowest BCUT2D eigenvalue weighted by atomic mass is 9.83. The molecule has 2 aliphatic rings. The zero-order valence-corrected chi connectivity index (χ0v) is 17.1. The summed E-state index contributed by atoms with van der Waals surface area (Å²) in [5.41, 5.74) is 9.11. The second-order valence-electron chi connectivity index (χ2n) is 7.15. The van der Waals surface area contributed by atoms with E-state index in [1.807, 2.05) is 54.6 Å². The first-order valence-electron chi connectivity index (χ1n) is 9.60. The van der Waals surface area contributed by atoms with Gasteiger partial charge in [-0.1, -0.05) is 35.9 Å². The molecule has 0 amide bonds. The van der Waals surface area contributed by atoms with E-state index in [2.05, 4.69) is 6.07 Å². The van der Waals surface area contributed by atoms with Crippen molar-refractivity contribution < 1.29 is 18.9 Å². The summed E-state index contributed by atoms with van der Waals surface area (Å²) in [4.78, 5) is 0. The second kappa shape index (κ2) is 7.78. The molecule has 0 saturated carbocycles. The van der Waals surface area contributed by atoms with E-state index in [4.69, 9.17) is 36.3 Å². The lowest BCUT2D eigenvalue weighted by Crippen LogP contribution is -2.21. The number of hydrogen-bond donors (Lipinski definition) is 1. The molecular weight excluding hydrogens is 416 g/mol. The van der Waals surface area contributed by atoms with Crippen LogP contribution in [0.4, 0.5) is 0 Å². The highest BCUT2D eigenvalue weighted by atomic mass is 35.5. The van der Waals surface area contributed by atoms with Gasteiger partial charge in [-0.3, -0.25) is 0 Å². The fourth-order valence-electron chi connectivity index (χ4n) is 3.69. The Morgan fingerprint density at radius 2 is 1.71 bits per heavy atom.